The summed E-state index contributed by atoms with van der Waals surface area (Å²) in [6, 6.07) is 3.58. The zero-order valence-corrected chi connectivity index (χ0v) is 6.69. The van der Waals surface area contributed by atoms with Crippen molar-refractivity contribution in [3.63, 3.8) is 0 Å². The number of hydrogen-bond donors (Lipinski definition) is 0. The Labute approximate surface area is 69.7 Å². The van der Waals surface area contributed by atoms with Gasteiger partial charge in [0, 0.05) is 7.05 Å². The van der Waals surface area contributed by atoms with Crippen molar-refractivity contribution in [3.05, 3.63) is 24.2 Å². The second kappa shape index (κ2) is 2.55. The van der Waals surface area contributed by atoms with Gasteiger partial charge in [-0.15, -0.1) is 0 Å². The van der Waals surface area contributed by atoms with Gasteiger partial charge in [0.1, 0.15) is 5.76 Å². The van der Waals surface area contributed by atoms with Crippen molar-refractivity contribution in [2.45, 2.75) is 6.10 Å². The summed E-state index contributed by atoms with van der Waals surface area (Å²) in [4.78, 5) is 12.5. The lowest BCUT2D eigenvalue weighted by atomic mass is 10.3. The molecule has 2 heterocycles. The second-order valence-corrected chi connectivity index (χ2v) is 2.77. The van der Waals surface area contributed by atoms with Crippen molar-refractivity contribution in [1.29, 1.82) is 0 Å². The molecule has 0 saturated carbocycles. The van der Waals surface area contributed by atoms with Crippen LogP contribution < -0.4 is 0 Å². The van der Waals surface area contributed by atoms with Crippen LogP contribution in [0.15, 0.2) is 22.8 Å². The third-order valence-electron chi connectivity index (χ3n) is 1.85. The van der Waals surface area contributed by atoms with E-state index in [0.717, 1.165) is 0 Å². The maximum absolute atomic E-state index is 10.9. The summed E-state index contributed by atoms with van der Waals surface area (Å²) < 4.78 is 10.1. The number of amides is 1. The SMILES string of the molecule is CN1C[C@@H](c2ccco2)OC1=O. The molecule has 12 heavy (non-hydrogen) atoms. The van der Waals surface area contributed by atoms with Gasteiger partial charge >= 0.3 is 6.09 Å². The Kier molecular flexibility index (Phi) is 1.53. The monoisotopic (exact) mass is 167 g/mol. The van der Waals surface area contributed by atoms with Crippen molar-refractivity contribution in [3.8, 4) is 0 Å². The number of likely N-dealkylation sites (N-methyl/N-ethyl adjacent to an activating group) is 1. The zero-order chi connectivity index (χ0) is 8.55. The van der Waals surface area contributed by atoms with Crippen LogP contribution in [0.2, 0.25) is 0 Å². The minimum absolute atomic E-state index is 0.238. The van der Waals surface area contributed by atoms with E-state index in [0.29, 0.717) is 12.3 Å². The molecule has 1 fully saturated rings. The standard InChI is InChI=1S/C8H9NO3/c1-9-5-7(12-8(9)10)6-3-2-4-11-6/h2-4,7H,5H2,1H3/t7-/m0/s1. The molecule has 1 atom stereocenters. The molecule has 1 aromatic rings. The average Bonchev–Trinajstić information content (AvgIpc) is 2.61. The summed E-state index contributed by atoms with van der Waals surface area (Å²) in [6.07, 6.45) is 1.04. The predicted molar refractivity (Wildman–Crippen MR) is 40.6 cm³/mol. The van der Waals surface area contributed by atoms with Crippen LogP contribution in [-0.2, 0) is 4.74 Å². The molecule has 4 nitrogen and oxygen atoms in total. The molecule has 1 aliphatic rings. The van der Waals surface area contributed by atoms with Crippen molar-refractivity contribution < 1.29 is 13.9 Å². The van der Waals surface area contributed by atoms with Crippen LogP contribution in [0.3, 0.4) is 0 Å². The van der Waals surface area contributed by atoms with Gasteiger partial charge in [0.05, 0.1) is 12.8 Å². The lowest BCUT2D eigenvalue weighted by Crippen LogP contribution is -2.17. The predicted octanol–water partition coefficient (Wildman–Crippen LogP) is 1.40. The maximum atomic E-state index is 10.9. The van der Waals surface area contributed by atoms with E-state index in [2.05, 4.69) is 0 Å². The first-order chi connectivity index (χ1) is 5.77. The molecule has 0 radical (unpaired) electrons. The fourth-order valence-corrected chi connectivity index (χ4v) is 1.19. The summed E-state index contributed by atoms with van der Waals surface area (Å²) in [5.41, 5.74) is 0. The lowest BCUT2D eigenvalue weighted by Gasteiger charge is -2.02. The van der Waals surface area contributed by atoms with Gasteiger partial charge in [0.2, 0.25) is 0 Å². The summed E-state index contributed by atoms with van der Waals surface area (Å²) >= 11 is 0. The Morgan fingerprint density at radius 1 is 1.67 bits per heavy atom. The first-order valence-corrected chi connectivity index (χ1v) is 3.72. The van der Waals surface area contributed by atoms with E-state index >= 15 is 0 Å². The van der Waals surface area contributed by atoms with Gasteiger partial charge in [0.15, 0.2) is 6.10 Å². The molecule has 1 aromatic heterocycles. The van der Waals surface area contributed by atoms with E-state index in [9.17, 15) is 4.79 Å². The average molecular weight is 167 g/mol. The van der Waals surface area contributed by atoms with E-state index in [1.807, 2.05) is 0 Å². The Balaban J connectivity index is 2.14. The molecule has 0 spiro atoms. The largest absolute Gasteiger partial charge is 0.465 e. The Morgan fingerprint density at radius 2 is 2.50 bits per heavy atom. The molecule has 1 amide bonds. The summed E-state index contributed by atoms with van der Waals surface area (Å²) in [7, 11) is 1.70. The molecule has 1 saturated heterocycles. The van der Waals surface area contributed by atoms with Crippen LogP contribution in [0.4, 0.5) is 4.79 Å². The zero-order valence-electron chi connectivity index (χ0n) is 6.69. The summed E-state index contributed by atoms with van der Waals surface area (Å²) in [6.45, 7) is 0.562. The van der Waals surface area contributed by atoms with Crippen LogP contribution in [0.5, 0.6) is 0 Å². The summed E-state index contributed by atoms with van der Waals surface area (Å²) in [5.74, 6) is 0.702. The van der Waals surface area contributed by atoms with Gasteiger partial charge in [-0.05, 0) is 12.1 Å². The van der Waals surface area contributed by atoms with Crippen LogP contribution in [-0.4, -0.2) is 24.6 Å². The molecule has 0 bridgehead atoms. The Morgan fingerprint density at radius 3 is 3.00 bits per heavy atom. The van der Waals surface area contributed by atoms with E-state index in [1.165, 1.54) is 4.90 Å². The molecule has 4 heteroatoms. The van der Waals surface area contributed by atoms with Gasteiger partial charge in [-0.3, -0.25) is 0 Å². The van der Waals surface area contributed by atoms with Gasteiger partial charge in [-0.1, -0.05) is 0 Å². The van der Waals surface area contributed by atoms with Crippen LogP contribution >= 0.6 is 0 Å². The number of carbonyl (C=O) groups excluding carboxylic acids is 1. The van der Waals surface area contributed by atoms with Crippen LogP contribution in [0, 0.1) is 0 Å². The topological polar surface area (TPSA) is 42.7 Å². The molecular weight excluding hydrogens is 158 g/mol. The lowest BCUT2D eigenvalue weighted by molar-refractivity contribution is 0.124. The molecule has 0 aliphatic carbocycles. The highest BCUT2D eigenvalue weighted by atomic mass is 16.6. The van der Waals surface area contributed by atoms with E-state index in [-0.39, 0.29) is 12.2 Å². The highest BCUT2D eigenvalue weighted by molar-refractivity contribution is 5.69. The molecular formula is C8H9NO3. The molecule has 64 valence electrons. The van der Waals surface area contributed by atoms with Crippen molar-refractivity contribution in [2.24, 2.45) is 0 Å². The third-order valence-corrected chi connectivity index (χ3v) is 1.85. The second-order valence-electron chi connectivity index (χ2n) is 2.77. The summed E-state index contributed by atoms with van der Waals surface area (Å²) in [5, 5.41) is 0. The molecule has 0 aromatic carbocycles. The van der Waals surface area contributed by atoms with Crippen molar-refractivity contribution in [1.82, 2.24) is 4.90 Å². The minimum atomic E-state index is -0.295. The number of ether oxygens (including phenoxy) is 1. The smallest absolute Gasteiger partial charge is 0.410 e. The van der Waals surface area contributed by atoms with Gasteiger partial charge < -0.3 is 14.1 Å². The molecule has 0 unspecified atom stereocenters. The highest BCUT2D eigenvalue weighted by Crippen LogP contribution is 2.24. The number of nitrogens with zero attached hydrogens (tertiary/aromatic N) is 1. The van der Waals surface area contributed by atoms with E-state index in [4.69, 9.17) is 9.15 Å². The van der Waals surface area contributed by atoms with Crippen molar-refractivity contribution in [2.75, 3.05) is 13.6 Å². The molecule has 1 aliphatic heterocycles. The Bertz CT molecular complexity index is 281. The van der Waals surface area contributed by atoms with Crippen LogP contribution in [0.1, 0.15) is 11.9 Å². The molecule has 2 rings (SSSR count). The third kappa shape index (κ3) is 1.05. The highest BCUT2D eigenvalue weighted by Gasteiger charge is 2.31. The normalized spacial score (nSPS) is 22.9. The van der Waals surface area contributed by atoms with Gasteiger partial charge in [0.25, 0.3) is 0 Å². The maximum Gasteiger partial charge on any atom is 0.410 e. The van der Waals surface area contributed by atoms with E-state index < -0.39 is 0 Å². The van der Waals surface area contributed by atoms with Crippen molar-refractivity contribution >= 4 is 6.09 Å². The fraction of sp³-hybridized carbons (Fsp3) is 0.375. The Hall–Kier alpha value is -1.45. The first kappa shape index (κ1) is 7.21. The number of carbonyl (C=O) groups is 1. The number of rotatable bonds is 1. The first-order valence-electron chi connectivity index (χ1n) is 3.72. The van der Waals surface area contributed by atoms with Crippen LogP contribution in [0.25, 0.3) is 0 Å². The number of cyclic esters (lactones) is 1. The number of furan rings is 1. The van der Waals surface area contributed by atoms with Gasteiger partial charge in [-0.2, -0.15) is 0 Å². The quantitative estimate of drug-likeness (QED) is 0.635. The molecule has 0 N–H and O–H groups in total. The van der Waals surface area contributed by atoms with Gasteiger partial charge in [-0.25, -0.2) is 4.79 Å². The minimum Gasteiger partial charge on any atom is -0.465 e. The number of hydrogen-bond acceptors (Lipinski definition) is 3. The van der Waals surface area contributed by atoms with E-state index in [1.54, 1.807) is 25.4 Å². The fourth-order valence-electron chi connectivity index (χ4n) is 1.19.